The zero-order valence-electron chi connectivity index (χ0n) is 18.9. The third-order valence-corrected chi connectivity index (χ3v) is 7.58. The van der Waals surface area contributed by atoms with Crippen LogP contribution in [0.25, 0.3) is 10.9 Å². The highest BCUT2D eigenvalue weighted by Gasteiger charge is 2.26. The van der Waals surface area contributed by atoms with Crippen molar-refractivity contribution in [1.82, 2.24) is 9.29 Å². The second-order valence-electron chi connectivity index (χ2n) is 7.88. The molecule has 0 aliphatic carbocycles. The summed E-state index contributed by atoms with van der Waals surface area (Å²) in [6.45, 7) is 4.45. The van der Waals surface area contributed by atoms with Crippen molar-refractivity contribution in [2.24, 2.45) is 0 Å². The number of carbonyl (C=O) groups is 2. The van der Waals surface area contributed by atoms with Gasteiger partial charge in [0.2, 0.25) is 10.0 Å². The van der Waals surface area contributed by atoms with E-state index in [-0.39, 0.29) is 4.90 Å². The Bertz CT molecular complexity index is 1330. The van der Waals surface area contributed by atoms with Crippen LogP contribution in [0.2, 0.25) is 0 Å². The van der Waals surface area contributed by atoms with Gasteiger partial charge in [0.05, 0.1) is 29.2 Å². The summed E-state index contributed by atoms with van der Waals surface area (Å²) in [5.74, 6) is -1.15. The molecule has 0 spiro atoms. The summed E-state index contributed by atoms with van der Waals surface area (Å²) in [6, 6.07) is 13.1. The first-order valence-corrected chi connectivity index (χ1v) is 12.2. The zero-order valence-corrected chi connectivity index (χ0v) is 19.7. The van der Waals surface area contributed by atoms with E-state index in [9.17, 15) is 18.0 Å². The number of aromatic nitrogens is 1. The highest BCUT2D eigenvalue weighted by atomic mass is 32.2. The Labute approximate surface area is 197 Å². The number of amides is 1. The first-order chi connectivity index (χ1) is 16.3. The topological polar surface area (TPSA) is 115 Å². The van der Waals surface area contributed by atoms with E-state index in [1.165, 1.54) is 28.6 Å². The third-order valence-electron chi connectivity index (χ3n) is 5.66. The molecule has 0 saturated carbocycles. The number of pyridine rings is 1. The summed E-state index contributed by atoms with van der Waals surface area (Å²) in [5, 5.41) is 3.27. The number of rotatable bonds is 6. The largest absolute Gasteiger partial charge is 0.452 e. The van der Waals surface area contributed by atoms with Gasteiger partial charge in [-0.2, -0.15) is 4.31 Å². The second kappa shape index (κ2) is 9.88. The van der Waals surface area contributed by atoms with E-state index in [0.717, 1.165) is 0 Å². The van der Waals surface area contributed by atoms with Gasteiger partial charge in [0.25, 0.3) is 5.91 Å². The summed E-state index contributed by atoms with van der Waals surface area (Å²) in [4.78, 5) is 29.8. The number of ether oxygens (including phenoxy) is 2. The lowest BCUT2D eigenvalue weighted by atomic mass is 10.0. The van der Waals surface area contributed by atoms with E-state index in [1.54, 1.807) is 13.0 Å². The molecule has 1 fully saturated rings. The minimum absolute atomic E-state index is 0.134. The maximum Gasteiger partial charge on any atom is 0.339 e. The van der Waals surface area contributed by atoms with Crippen molar-refractivity contribution in [2.75, 3.05) is 38.2 Å². The van der Waals surface area contributed by atoms with Gasteiger partial charge in [-0.3, -0.25) is 9.78 Å². The number of para-hydroxylation sites is 1. The molecular formula is C24H25N3O6S. The number of nitrogens with zero attached hydrogens (tertiary/aromatic N) is 2. The first kappa shape index (κ1) is 23.8. The number of aryl methyl sites for hydroxylation is 1. The van der Waals surface area contributed by atoms with E-state index in [1.807, 2.05) is 25.1 Å². The summed E-state index contributed by atoms with van der Waals surface area (Å²) >= 11 is 0. The number of esters is 1. The van der Waals surface area contributed by atoms with Crippen molar-refractivity contribution in [3.05, 3.63) is 65.4 Å². The Morgan fingerprint density at radius 2 is 1.74 bits per heavy atom. The highest BCUT2D eigenvalue weighted by Crippen LogP contribution is 2.24. The van der Waals surface area contributed by atoms with Gasteiger partial charge in [0.1, 0.15) is 0 Å². The summed E-state index contributed by atoms with van der Waals surface area (Å²) in [5.41, 5.74) is 2.86. The molecule has 3 aromatic rings. The number of morpholine rings is 1. The van der Waals surface area contributed by atoms with Crippen LogP contribution in [0.3, 0.4) is 0 Å². The molecule has 1 N–H and O–H groups in total. The molecule has 10 heteroatoms. The second-order valence-corrected chi connectivity index (χ2v) is 9.82. The van der Waals surface area contributed by atoms with Gasteiger partial charge >= 0.3 is 5.97 Å². The first-order valence-electron chi connectivity index (χ1n) is 10.8. The molecule has 0 bridgehead atoms. The Balaban J connectivity index is 1.40. The van der Waals surface area contributed by atoms with Crippen molar-refractivity contribution in [3.63, 3.8) is 0 Å². The molecule has 0 unspecified atom stereocenters. The number of anilines is 1. The molecule has 1 aliphatic rings. The summed E-state index contributed by atoms with van der Waals surface area (Å²) < 4.78 is 37.2. The van der Waals surface area contributed by atoms with Crippen molar-refractivity contribution < 1.29 is 27.5 Å². The van der Waals surface area contributed by atoms with E-state index >= 15 is 0 Å². The molecule has 2 heterocycles. The van der Waals surface area contributed by atoms with Crippen molar-refractivity contribution in [3.8, 4) is 0 Å². The fourth-order valence-corrected chi connectivity index (χ4v) is 5.15. The molecule has 34 heavy (non-hydrogen) atoms. The van der Waals surface area contributed by atoms with Crippen LogP contribution in [0.4, 0.5) is 5.69 Å². The SMILES string of the molecule is Cc1nc2ccccc2c(C(=O)OCC(=O)Nc2ccc(S(=O)(=O)N3CCOCC3)cc2)c1C. The van der Waals surface area contributed by atoms with Gasteiger partial charge in [-0.15, -0.1) is 0 Å². The number of benzene rings is 2. The smallest absolute Gasteiger partial charge is 0.339 e. The molecule has 4 rings (SSSR count). The average Bonchev–Trinajstić information content (AvgIpc) is 2.84. The lowest BCUT2D eigenvalue weighted by Crippen LogP contribution is -2.40. The number of hydrogen-bond acceptors (Lipinski definition) is 7. The van der Waals surface area contributed by atoms with Crippen LogP contribution in [0.5, 0.6) is 0 Å². The molecule has 1 aromatic heterocycles. The number of hydrogen-bond donors (Lipinski definition) is 1. The van der Waals surface area contributed by atoms with Gasteiger partial charge in [0, 0.05) is 29.9 Å². The minimum Gasteiger partial charge on any atom is -0.452 e. The quantitative estimate of drug-likeness (QED) is 0.536. The molecule has 9 nitrogen and oxygen atoms in total. The molecule has 0 atom stereocenters. The molecule has 2 aromatic carbocycles. The molecular weight excluding hydrogens is 458 g/mol. The molecule has 1 saturated heterocycles. The van der Waals surface area contributed by atoms with Crippen LogP contribution in [0, 0.1) is 13.8 Å². The fraction of sp³-hybridized carbons (Fsp3) is 0.292. The predicted molar refractivity (Wildman–Crippen MR) is 126 cm³/mol. The lowest BCUT2D eigenvalue weighted by molar-refractivity contribution is -0.119. The van der Waals surface area contributed by atoms with Crippen LogP contribution in [0.15, 0.2) is 53.4 Å². The lowest BCUT2D eigenvalue weighted by Gasteiger charge is -2.26. The normalized spacial score (nSPS) is 14.6. The maximum absolute atomic E-state index is 12.8. The number of fused-ring (bicyclic) bond motifs is 1. The number of sulfonamides is 1. The third kappa shape index (κ3) is 4.93. The Hall–Kier alpha value is -3.34. The molecule has 0 radical (unpaired) electrons. The Kier molecular flexibility index (Phi) is 6.92. The maximum atomic E-state index is 12.8. The van der Waals surface area contributed by atoms with Gasteiger partial charge in [-0.05, 0) is 49.7 Å². The zero-order chi connectivity index (χ0) is 24.3. The van der Waals surface area contributed by atoms with Crippen LogP contribution < -0.4 is 5.32 Å². The predicted octanol–water partition coefficient (Wildman–Crippen LogP) is 2.67. The van der Waals surface area contributed by atoms with Gasteiger partial charge in [-0.1, -0.05) is 18.2 Å². The molecule has 1 aliphatic heterocycles. The van der Waals surface area contributed by atoms with Crippen LogP contribution >= 0.6 is 0 Å². The van der Waals surface area contributed by atoms with Gasteiger partial charge in [-0.25, -0.2) is 13.2 Å². The molecule has 178 valence electrons. The van der Waals surface area contributed by atoms with Gasteiger partial charge < -0.3 is 14.8 Å². The van der Waals surface area contributed by atoms with E-state index in [4.69, 9.17) is 9.47 Å². The van der Waals surface area contributed by atoms with Crippen molar-refractivity contribution in [1.29, 1.82) is 0 Å². The van der Waals surface area contributed by atoms with Crippen molar-refractivity contribution in [2.45, 2.75) is 18.7 Å². The summed E-state index contributed by atoms with van der Waals surface area (Å²) in [7, 11) is -3.62. The van der Waals surface area contributed by atoms with Gasteiger partial charge in [0.15, 0.2) is 6.61 Å². The fourth-order valence-electron chi connectivity index (χ4n) is 3.74. The Morgan fingerprint density at radius 1 is 1.06 bits per heavy atom. The monoisotopic (exact) mass is 483 g/mol. The van der Waals surface area contributed by atoms with E-state index in [2.05, 4.69) is 10.3 Å². The van der Waals surface area contributed by atoms with Crippen LogP contribution in [-0.2, 0) is 24.3 Å². The van der Waals surface area contributed by atoms with E-state index in [0.29, 0.717) is 59.7 Å². The van der Waals surface area contributed by atoms with Crippen LogP contribution in [0.1, 0.15) is 21.6 Å². The minimum atomic E-state index is -3.62. The average molecular weight is 484 g/mol. The van der Waals surface area contributed by atoms with Crippen molar-refractivity contribution >= 4 is 38.5 Å². The van der Waals surface area contributed by atoms with Crippen LogP contribution in [-0.4, -0.2) is 62.5 Å². The molecule has 1 amide bonds. The Morgan fingerprint density at radius 3 is 2.44 bits per heavy atom. The standard InChI is InChI=1S/C24H25N3O6S/c1-16-17(2)25-21-6-4-3-5-20(21)23(16)24(29)33-15-22(28)26-18-7-9-19(10-8-18)34(30,31)27-11-13-32-14-12-27/h3-10H,11-15H2,1-2H3,(H,26,28). The highest BCUT2D eigenvalue weighted by molar-refractivity contribution is 7.89. The van der Waals surface area contributed by atoms with E-state index < -0.39 is 28.5 Å². The number of nitrogens with one attached hydrogen (secondary N) is 1. The summed E-state index contributed by atoms with van der Waals surface area (Å²) in [6.07, 6.45) is 0. The number of carbonyl (C=O) groups excluding carboxylic acids is 2.